The highest BCUT2D eigenvalue weighted by atomic mass is 35.5. The third-order valence-corrected chi connectivity index (χ3v) is 5.21. The van der Waals surface area contributed by atoms with Crippen molar-refractivity contribution in [2.45, 2.75) is 13.3 Å². The summed E-state index contributed by atoms with van der Waals surface area (Å²) in [5.74, 6) is -1.25. The number of aromatic nitrogens is 2. The van der Waals surface area contributed by atoms with Crippen LogP contribution in [0.1, 0.15) is 27.2 Å². The van der Waals surface area contributed by atoms with Crippen LogP contribution in [0.5, 0.6) is 0 Å². The van der Waals surface area contributed by atoms with Crippen molar-refractivity contribution in [3.8, 4) is 0 Å². The van der Waals surface area contributed by atoms with E-state index in [2.05, 4.69) is 5.10 Å². The minimum Gasteiger partial charge on any atom is -0.478 e. The van der Waals surface area contributed by atoms with E-state index in [0.29, 0.717) is 14.7 Å². The lowest BCUT2D eigenvalue weighted by molar-refractivity contribution is 0.0696. The van der Waals surface area contributed by atoms with Crippen molar-refractivity contribution in [3.05, 3.63) is 51.8 Å². The average Bonchev–Trinajstić information content (AvgIpc) is 2.87. The molecule has 7 nitrogen and oxygen atoms in total. The second kappa shape index (κ2) is 6.31. The van der Waals surface area contributed by atoms with Crippen molar-refractivity contribution >= 4 is 27.8 Å². The van der Waals surface area contributed by atoms with Gasteiger partial charge in [0.15, 0.2) is 0 Å². The summed E-state index contributed by atoms with van der Waals surface area (Å²) < 4.78 is 25.8. The Hall–Kier alpha value is -1.90. The maximum Gasteiger partial charge on any atom is 0.339 e. The largest absolute Gasteiger partial charge is 0.478 e. The Bertz CT molecular complexity index is 859. The van der Waals surface area contributed by atoms with Gasteiger partial charge in [-0.25, -0.2) is 4.79 Å². The molecule has 1 heterocycles. The Balaban J connectivity index is 2.52. The fourth-order valence-corrected chi connectivity index (χ4v) is 2.96. The van der Waals surface area contributed by atoms with E-state index < -0.39 is 16.2 Å². The minimum absolute atomic E-state index is 0.123. The quantitative estimate of drug-likeness (QED) is 0.880. The van der Waals surface area contributed by atoms with Crippen LogP contribution in [0.2, 0.25) is 5.02 Å². The van der Waals surface area contributed by atoms with Crippen LogP contribution in [0, 0.1) is 6.92 Å². The molecule has 1 N–H and O–H groups in total. The second-order valence-electron chi connectivity index (χ2n) is 5.23. The second-order valence-corrected chi connectivity index (χ2v) is 7.64. The molecule has 0 saturated heterocycles. The molecule has 2 rings (SSSR count). The van der Waals surface area contributed by atoms with E-state index in [0.717, 1.165) is 16.1 Å². The molecular formula is C14H16ClN3O4S. The van der Waals surface area contributed by atoms with Crippen molar-refractivity contribution < 1.29 is 18.3 Å². The topological polar surface area (TPSA) is 92.5 Å². The first kappa shape index (κ1) is 17.5. The fourth-order valence-electron chi connectivity index (χ4n) is 2.00. The first-order valence-electron chi connectivity index (χ1n) is 6.63. The van der Waals surface area contributed by atoms with Crippen molar-refractivity contribution in [2.24, 2.45) is 0 Å². The van der Waals surface area contributed by atoms with Crippen LogP contribution in [-0.4, -0.2) is 47.1 Å². The van der Waals surface area contributed by atoms with Crippen molar-refractivity contribution in [1.29, 1.82) is 0 Å². The number of carbonyl (C=O) groups is 1. The molecule has 124 valence electrons. The lowest BCUT2D eigenvalue weighted by atomic mass is 10.0. The van der Waals surface area contributed by atoms with Crippen LogP contribution in [0.3, 0.4) is 0 Å². The number of carboxylic acids is 1. The standard InChI is InChI=1S/C14H16ClN3O4S/c1-9-4-5-12(15)10(6-9)7-13-11(14(19)20)8-18(16-13)23(21,22)17(2)3/h4-6,8H,7H2,1-3H3,(H,19,20). The zero-order valence-electron chi connectivity index (χ0n) is 12.8. The maximum absolute atomic E-state index is 12.1. The molecule has 0 aliphatic heterocycles. The van der Waals surface area contributed by atoms with Gasteiger partial charge in [-0.2, -0.15) is 21.9 Å². The van der Waals surface area contributed by atoms with Crippen LogP contribution in [0.25, 0.3) is 0 Å². The number of rotatable bonds is 5. The zero-order valence-corrected chi connectivity index (χ0v) is 14.4. The van der Waals surface area contributed by atoms with Gasteiger partial charge in [0.25, 0.3) is 0 Å². The zero-order chi connectivity index (χ0) is 17.4. The highest BCUT2D eigenvalue weighted by Crippen LogP contribution is 2.22. The third-order valence-electron chi connectivity index (χ3n) is 3.26. The normalized spacial score (nSPS) is 11.9. The molecule has 0 atom stereocenters. The van der Waals surface area contributed by atoms with Gasteiger partial charge < -0.3 is 5.11 Å². The number of nitrogens with zero attached hydrogens (tertiary/aromatic N) is 3. The molecule has 0 fully saturated rings. The number of halogens is 1. The number of benzene rings is 1. The molecule has 1 aromatic heterocycles. The van der Waals surface area contributed by atoms with Crippen molar-refractivity contribution in [3.63, 3.8) is 0 Å². The van der Waals surface area contributed by atoms with Gasteiger partial charge >= 0.3 is 16.2 Å². The summed E-state index contributed by atoms with van der Waals surface area (Å²) in [7, 11) is -1.20. The van der Waals surface area contributed by atoms with Gasteiger partial charge in [-0.15, -0.1) is 0 Å². The van der Waals surface area contributed by atoms with E-state index in [4.69, 9.17) is 11.6 Å². The monoisotopic (exact) mass is 357 g/mol. The highest BCUT2D eigenvalue weighted by molar-refractivity contribution is 7.87. The van der Waals surface area contributed by atoms with Crippen LogP contribution >= 0.6 is 11.6 Å². The maximum atomic E-state index is 12.1. The predicted molar refractivity (Wildman–Crippen MR) is 86.2 cm³/mol. The van der Waals surface area contributed by atoms with E-state index in [1.807, 2.05) is 19.1 Å². The van der Waals surface area contributed by atoms with Gasteiger partial charge in [-0.1, -0.05) is 29.3 Å². The Kier molecular flexibility index (Phi) is 4.79. The van der Waals surface area contributed by atoms with E-state index in [-0.39, 0.29) is 17.7 Å². The summed E-state index contributed by atoms with van der Waals surface area (Å²) in [6.45, 7) is 1.88. The molecule has 9 heteroatoms. The van der Waals surface area contributed by atoms with Crippen LogP contribution < -0.4 is 0 Å². The molecule has 0 radical (unpaired) electrons. The summed E-state index contributed by atoms with van der Waals surface area (Å²) in [5, 5.41) is 13.7. The van der Waals surface area contributed by atoms with Crippen molar-refractivity contribution in [2.75, 3.05) is 14.1 Å². The molecule has 1 aromatic carbocycles. The summed E-state index contributed by atoms with van der Waals surface area (Å²) in [6.07, 6.45) is 1.12. The molecule has 2 aromatic rings. The molecule has 0 spiro atoms. The van der Waals surface area contributed by atoms with Crippen molar-refractivity contribution in [1.82, 2.24) is 13.5 Å². The molecule has 0 bridgehead atoms. The first-order valence-corrected chi connectivity index (χ1v) is 8.40. The molecule has 0 aliphatic carbocycles. The van der Waals surface area contributed by atoms with E-state index in [9.17, 15) is 18.3 Å². The van der Waals surface area contributed by atoms with Crippen LogP contribution in [0.15, 0.2) is 24.4 Å². The smallest absolute Gasteiger partial charge is 0.339 e. The van der Waals surface area contributed by atoms with Gasteiger partial charge in [-0.05, 0) is 18.6 Å². The predicted octanol–water partition coefficient (Wildman–Crippen LogP) is 1.79. The SMILES string of the molecule is Cc1ccc(Cl)c(Cc2nn(S(=O)(=O)N(C)C)cc2C(=O)O)c1. The molecule has 0 saturated carbocycles. The summed E-state index contributed by atoms with van der Waals surface area (Å²) in [5.41, 5.74) is 1.60. The number of carboxylic acid groups (broad SMARTS) is 1. The average molecular weight is 358 g/mol. The molecule has 0 amide bonds. The summed E-state index contributed by atoms with van der Waals surface area (Å²) in [6, 6.07) is 5.35. The Labute approximate surface area is 139 Å². The summed E-state index contributed by atoms with van der Waals surface area (Å²) >= 11 is 6.12. The molecule has 23 heavy (non-hydrogen) atoms. The molecular weight excluding hydrogens is 342 g/mol. The van der Waals surface area contributed by atoms with Gasteiger partial charge in [0.1, 0.15) is 5.56 Å². The number of aromatic carboxylic acids is 1. The lowest BCUT2D eigenvalue weighted by Gasteiger charge is -2.10. The van der Waals surface area contributed by atoms with Crippen LogP contribution in [-0.2, 0) is 16.6 Å². The van der Waals surface area contributed by atoms with Gasteiger partial charge in [0.05, 0.1) is 11.9 Å². The van der Waals surface area contributed by atoms with E-state index in [1.54, 1.807) is 6.07 Å². The number of aryl methyl sites for hydroxylation is 1. The van der Waals surface area contributed by atoms with E-state index in [1.165, 1.54) is 14.1 Å². The van der Waals surface area contributed by atoms with E-state index >= 15 is 0 Å². The van der Waals surface area contributed by atoms with Crippen LogP contribution in [0.4, 0.5) is 0 Å². The number of hydrogen-bond acceptors (Lipinski definition) is 4. The van der Waals surface area contributed by atoms with Gasteiger partial charge in [0.2, 0.25) is 0 Å². The van der Waals surface area contributed by atoms with Gasteiger partial charge in [0, 0.05) is 25.5 Å². The molecule has 0 aliphatic rings. The highest BCUT2D eigenvalue weighted by Gasteiger charge is 2.24. The fraction of sp³-hybridized carbons (Fsp3) is 0.286. The van der Waals surface area contributed by atoms with Gasteiger partial charge in [-0.3, -0.25) is 0 Å². The Morgan fingerprint density at radius 3 is 2.61 bits per heavy atom. The Morgan fingerprint density at radius 1 is 1.39 bits per heavy atom. The third kappa shape index (κ3) is 3.54. The summed E-state index contributed by atoms with van der Waals surface area (Å²) in [4.78, 5) is 11.4. The first-order chi connectivity index (χ1) is 10.6. The minimum atomic E-state index is -3.88. The number of hydrogen-bond donors (Lipinski definition) is 1. The molecule has 0 unspecified atom stereocenters. The Morgan fingerprint density at radius 2 is 2.04 bits per heavy atom. The lowest BCUT2D eigenvalue weighted by Crippen LogP contribution is -2.29.